The van der Waals surface area contributed by atoms with Crippen molar-refractivity contribution in [3.63, 3.8) is 0 Å². The van der Waals surface area contributed by atoms with Crippen molar-refractivity contribution in [3.05, 3.63) is 22.9 Å². The van der Waals surface area contributed by atoms with Crippen molar-refractivity contribution in [1.29, 1.82) is 0 Å². The van der Waals surface area contributed by atoms with Gasteiger partial charge in [0.15, 0.2) is 21.5 Å². The van der Waals surface area contributed by atoms with E-state index in [4.69, 9.17) is 4.42 Å². The van der Waals surface area contributed by atoms with Crippen LogP contribution in [0.15, 0.2) is 26.0 Å². The van der Waals surface area contributed by atoms with Gasteiger partial charge in [0, 0.05) is 0 Å². The molecular weight excluding hydrogens is 220 g/mol. The molecule has 0 amide bonds. The van der Waals surface area contributed by atoms with E-state index in [0.717, 1.165) is 9.35 Å². The molecule has 2 heterocycles. The molecule has 0 unspecified atom stereocenters. The quantitative estimate of drug-likeness (QED) is 0.752. The van der Waals surface area contributed by atoms with E-state index in [1.807, 2.05) is 6.92 Å². The third-order valence-electron chi connectivity index (χ3n) is 1.41. The van der Waals surface area contributed by atoms with Gasteiger partial charge >= 0.3 is 0 Å². The van der Waals surface area contributed by atoms with E-state index in [1.165, 1.54) is 23.1 Å². The molecule has 72 valence electrons. The highest BCUT2D eigenvalue weighted by Crippen LogP contribution is 2.30. The van der Waals surface area contributed by atoms with Crippen molar-refractivity contribution in [2.45, 2.75) is 16.4 Å². The summed E-state index contributed by atoms with van der Waals surface area (Å²) >= 11 is 2.86. The van der Waals surface area contributed by atoms with Crippen LogP contribution in [0.5, 0.6) is 0 Å². The minimum Gasteiger partial charge on any atom is -0.447 e. The number of carbonyl (C=O) groups excluding carboxylic acids is 1. The van der Waals surface area contributed by atoms with Crippen LogP contribution in [0.3, 0.4) is 0 Å². The Kier molecular flexibility index (Phi) is 2.64. The van der Waals surface area contributed by atoms with Gasteiger partial charge in [0.1, 0.15) is 5.01 Å². The van der Waals surface area contributed by atoms with Gasteiger partial charge in [-0.25, -0.2) is 0 Å². The topological polar surface area (TPSA) is 56.0 Å². The number of aldehydes is 1. The van der Waals surface area contributed by atoms with Crippen LogP contribution in [0.2, 0.25) is 0 Å². The van der Waals surface area contributed by atoms with Crippen LogP contribution in [0.25, 0.3) is 0 Å². The highest BCUT2D eigenvalue weighted by Gasteiger charge is 2.06. The molecule has 0 saturated heterocycles. The van der Waals surface area contributed by atoms with Crippen molar-refractivity contribution < 1.29 is 9.21 Å². The highest BCUT2D eigenvalue weighted by atomic mass is 32.2. The van der Waals surface area contributed by atoms with E-state index < -0.39 is 0 Å². The van der Waals surface area contributed by atoms with Gasteiger partial charge in [0.05, 0.1) is 0 Å². The molecule has 4 nitrogen and oxygen atoms in total. The van der Waals surface area contributed by atoms with Gasteiger partial charge in [-0.3, -0.25) is 4.79 Å². The first-order valence-electron chi connectivity index (χ1n) is 3.81. The fourth-order valence-corrected chi connectivity index (χ4v) is 2.58. The van der Waals surface area contributed by atoms with Crippen LogP contribution < -0.4 is 0 Å². The molecular formula is C8H6N2O2S2. The molecule has 0 fully saturated rings. The fraction of sp³-hybridized carbons (Fsp3) is 0.125. The Labute approximate surface area is 88.3 Å². The Morgan fingerprint density at radius 1 is 1.50 bits per heavy atom. The highest BCUT2D eigenvalue weighted by molar-refractivity contribution is 8.00. The largest absolute Gasteiger partial charge is 0.447 e. The maximum atomic E-state index is 10.3. The first-order valence-corrected chi connectivity index (χ1v) is 5.44. The van der Waals surface area contributed by atoms with Crippen LogP contribution in [0.4, 0.5) is 0 Å². The van der Waals surface area contributed by atoms with Crippen molar-refractivity contribution in [2.24, 2.45) is 0 Å². The van der Waals surface area contributed by atoms with Crippen LogP contribution in [-0.4, -0.2) is 16.5 Å². The van der Waals surface area contributed by atoms with Gasteiger partial charge < -0.3 is 4.42 Å². The molecule has 0 N–H and O–H groups in total. The lowest BCUT2D eigenvalue weighted by atomic mass is 10.5. The number of aryl methyl sites for hydroxylation is 1. The van der Waals surface area contributed by atoms with Gasteiger partial charge in [-0.1, -0.05) is 11.3 Å². The molecule has 0 aliphatic rings. The smallest absolute Gasteiger partial charge is 0.185 e. The molecule has 0 aliphatic heterocycles. The second kappa shape index (κ2) is 3.93. The Balaban J connectivity index is 2.14. The van der Waals surface area contributed by atoms with Gasteiger partial charge in [-0.05, 0) is 30.8 Å². The predicted octanol–water partition coefficient (Wildman–Crippen LogP) is 2.40. The van der Waals surface area contributed by atoms with Crippen molar-refractivity contribution >= 4 is 29.4 Å². The van der Waals surface area contributed by atoms with E-state index in [9.17, 15) is 4.79 Å². The van der Waals surface area contributed by atoms with E-state index in [2.05, 4.69) is 10.2 Å². The van der Waals surface area contributed by atoms with Crippen LogP contribution >= 0.6 is 23.1 Å². The molecule has 0 saturated carbocycles. The van der Waals surface area contributed by atoms with Crippen LogP contribution in [-0.2, 0) is 0 Å². The van der Waals surface area contributed by atoms with Gasteiger partial charge in [0.25, 0.3) is 0 Å². The molecule has 0 atom stereocenters. The number of aromatic nitrogens is 2. The Hall–Kier alpha value is -1.14. The maximum absolute atomic E-state index is 10.3. The molecule has 2 rings (SSSR count). The number of hydrogen-bond acceptors (Lipinski definition) is 6. The molecule has 0 spiro atoms. The standard InChI is InChI=1S/C8H6N2O2S2/c1-5-9-10-8(13-5)14-7-3-2-6(4-11)12-7/h2-4H,1H3. The number of hydrogen-bond donors (Lipinski definition) is 0. The van der Waals surface area contributed by atoms with E-state index in [-0.39, 0.29) is 0 Å². The molecule has 0 radical (unpaired) electrons. The summed E-state index contributed by atoms with van der Waals surface area (Å²) < 4.78 is 5.99. The third-order valence-corrected chi connectivity index (χ3v) is 3.22. The molecule has 0 aliphatic carbocycles. The lowest BCUT2D eigenvalue weighted by molar-refractivity contribution is 0.109. The average Bonchev–Trinajstić information content (AvgIpc) is 2.76. The maximum Gasteiger partial charge on any atom is 0.185 e. The predicted molar refractivity (Wildman–Crippen MR) is 52.9 cm³/mol. The van der Waals surface area contributed by atoms with Crippen molar-refractivity contribution in [3.8, 4) is 0 Å². The summed E-state index contributed by atoms with van der Waals surface area (Å²) in [4.78, 5) is 10.3. The summed E-state index contributed by atoms with van der Waals surface area (Å²) in [5, 5.41) is 9.37. The summed E-state index contributed by atoms with van der Waals surface area (Å²) in [5.41, 5.74) is 0. The fourth-order valence-electron chi connectivity index (χ4n) is 0.858. The second-order valence-electron chi connectivity index (χ2n) is 2.46. The van der Waals surface area contributed by atoms with E-state index in [0.29, 0.717) is 17.1 Å². The SMILES string of the molecule is Cc1nnc(Sc2ccc(C=O)o2)s1. The van der Waals surface area contributed by atoms with E-state index in [1.54, 1.807) is 12.1 Å². The molecule has 2 aromatic heterocycles. The lowest BCUT2D eigenvalue weighted by Crippen LogP contribution is -1.70. The molecule has 0 bridgehead atoms. The summed E-state index contributed by atoms with van der Waals surface area (Å²) in [6, 6.07) is 3.37. The summed E-state index contributed by atoms with van der Waals surface area (Å²) in [6.45, 7) is 1.89. The van der Waals surface area contributed by atoms with Crippen molar-refractivity contribution in [2.75, 3.05) is 0 Å². The molecule has 6 heteroatoms. The number of furan rings is 1. The molecule has 2 aromatic rings. The zero-order valence-corrected chi connectivity index (χ0v) is 8.89. The third kappa shape index (κ3) is 2.02. The summed E-state index contributed by atoms with van der Waals surface area (Å²) in [6.07, 6.45) is 0.676. The van der Waals surface area contributed by atoms with Crippen LogP contribution in [0, 0.1) is 6.92 Å². The van der Waals surface area contributed by atoms with Gasteiger partial charge in [0.2, 0.25) is 0 Å². The normalized spacial score (nSPS) is 10.4. The first-order chi connectivity index (χ1) is 6.78. The molecule has 14 heavy (non-hydrogen) atoms. The first kappa shape index (κ1) is 9.42. The number of rotatable bonds is 3. The minimum absolute atomic E-state index is 0.328. The van der Waals surface area contributed by atoms with E-state index >= 15 is 0 Å². The Morgan fingerprint density at radius 2 is 2.36 bits per heavy atom. The Bertz CT molecular complexity index is 450. The summed E-state index contributed by atoms with van der Waals surface area (Å²) in [7, 11) is 0. The molecule has 0 aromatic carbocycles. The zero-order chi connectivity index (χ0) is 9.97. The van der Waals surface area contributed by atoms with Gasteiger partial charge in [-0.15, -0.1) is 10.2 Å². The van der Waals surface area contributed by atoms with Crippen LogP contribution in [0.1, 0.15) is 15.6 Å². The summed E-state index contributed by atoms with van der Waals surface area (Å²) in [5.74, 6) is 0.328. The minimum atomic E-state index is 0.328. The average molecular weight is 226 g/mol. The zero-order valence-electron chi connectivity index (χ0n) is 7.26. The lowest BCUT2D eigenvalue weighted by Gasteiger charge is -1.88. The Morgan fingerprint density at radius 3 is 2.93 bits per heavy atom. The number of carbonyl (C=O) groups is 1. The number of nitrogens with zero attached hydrogens (tertiary/aromatic N) is 2. The van der Waals surface area contributed by atoms with Crippen molar-refractivity contribution in [1.82, 2.24) is 10.2 Å². The second-order valence-corrected chi connectivity index (χ2v) is 4.90. The van der Waals surface area contributed by atoms with Gasteiger partial charge in [-0.2, -0.15) is 0 Å². The monoisotopic (exact) mass is 226 g/mol.